The summed E-state index contributed by atoms with van der Waals surface area (Å²) >= 11 is 1.97. The number of aryl methyl sites for hydroxylation is 1. The molecule has 3 atom stereocenters. The van der Waals surface area contributed by atoms with Gasteiger partial charge in [0.05, 0.1) is 6.17 Å². The monoisotopic (exact) mass is 222 g/mol. The van der Waals surface area contributed by atoms with Crippen molar-refractivity contribution in [2.45, 2.75) is 31.8 Å². The topological polar surface area (TPSA) is 24.1 Å². The normalized spacial score (nSPS) is 35.4. The summed E-state index contributed by atoms with van der Waals surface area (Å²) in [6, 6.07) is 4.56. The fourth-order valence-corrected chi connectivity index (χ4v) is 3.85. The van der Waals surface area contributed by atoms with Crippen LogP contribution in [-0.4, -0.2) is 19.3 Å². The Hall–Kier alpha value is -0.380. The maximum absolute atomic E-state index is 3.63. The molecule has 3 heterocycles. The quantitative estimate of drug-likeness (QED) is 0.760. The van der Waals surface area contributed by atoms with E-state index in [1.807, 2.05) is 11.3 Å². The van der Waals surface area contributed by atoms with E-state index in [0.717, 1.165) is 18.4 Å². The zero-order valence-corrected chi connectivity index (χ0v) is 9.94. The van der Waals surface area contributed by atoms with Gasteiger partial charge in [-0.2, -0.15) is 0 Å². The smallest absolute Gasteiger partial charge is 0.0601 e. The van der Waals surface area contributed by atoms with Crippen molar-refractivity contribution in [3.8, 4) is 0 Å². The Kier molecular flexibility index (Phi) is 2.54. The van der Waals surface area contributed by atoms with Crippen LogP contribution in [0.5, 0.6) is 0 Å². The van der Waals surface area contributed by atoms with Crippen molar-refractivity contribution < 1.29 is 0 Å². The maximum atomic E-state index is 3.63. The van der Waals surface area contributed by atoms with E-state index >= 15 is 0 Å². The first-order valence-electron chi connectivity index (χ1n) is 5.86. The predicted octanol–water partition coefficient (Wildman–Crippen LogP) is 2.07. The molecule has 0 radical (unpaired) electrons. The van der Waals surface area contributed by atoms with Crippen LogP contribution in [0.2, 0.25) is 0 Å². The average molecular weight is 222 g/mol. The lowest BCUT2D eigenvalue weighted by Crippen LogP contribution is -2.47. The lowest BCUT2D eigenvalue weighted by atomic mass is 9.87. The van der Waals surface area contributed by atoms with E-state index in [4.69, 9.17) is 0 Å². The van der Waals surface area contributed by atoms with Crippen molar-refractivity contribution >= 4 is 11.3 Å². The van der Waals surface area contributed by atoms with Crippen LogP contribution in [0.3, 0.4) is 0 Å². The van der Waals surface area contributed by atoms with Crippen LogP contribution < -0.4 is 10.6 Å². The summed E-state index contributed by atoms with van der Waals surface area (Å²) in [5.41, 5.74) is 0. The second-order valence-corrected chi connectivity index (χ2v) is 6.09. The Morgan fingerprint density at radius 2 is 2.27 bits per heavy atom. The largest absolute Gasteiger partial charge is 0.302 e. The van der Waals surface area contributed by atoms with E-state index in [1.165, 1.54) is 24.3 Å². The Morgan fingerprint density at radius 1 is 1.33 bits per heavy atom. The second-order valence-electron chi connectivity index (χ2n) is 4.77. The van der Waals surface area contributed by atoms with E-state index < -0.39 is 0 Å². The van der Waals surface area contributed by atoms with Crippen LogP contribution in [0.4, 0.5) is 0 Å². The summed E-state index contributed by atoms with van der Waals surface area (Å²) in [7, 11) is 0. The summed E-state index contributed by atoms with van der Waals surface area (Å²) in [6.07, 6.45) is 3.31. The highest BCUT2D eigenvalue weighted by atomic mass is 32.1. The average Bonchev–Trinajstić information content (AvgIpc) is 2.84. The zero-order valence-electron chi connectivity index (χ0n) is 9.12. The molecule has 2 fully saturated rings. The minimum absolute atomic E-state index is 0.599. The molecule has 0 bridgehead atoms. The Balaban J connectivity index is 1.73. The van der Waals surface area contributed by atoms with Crippen molar-refractivity contribution in [3.63, 3.8) is 0 Å². The molecule has 3 unspecified atom stereocenters. The molecular formula is C12H18N2S. The number of hydrogen-bond acceptors (Lipinski definition) is 3. The maximum Gasteiger partial charge on any atom is 0.0601 e. The summed E-state index contributed by atoms with van der Waals surface area (Å²) in [6.45, 7) is 4.54. The van der Waals surface area contributed by atoms with E-state index in [9.17, 15) is 0 Å². The molecule has 0 aliphatic carbocycles. The van der Waals surface area contributed by atoms with Crippen molar-refractivity contribution in [2.24, 2.45) is 5.92 Å². The molecule has 0 saturated carbocycles. The molecule has 2 aliphatic heterocycles. The van der Waals surface area contributed by atoms with Crippen LogP contribution in [0.1, 0.15) is 28.5 Å². The Labute approximate surface area is 95.1 Å². The fourth-order valence-electron chi connectivity index (χ4n) is 2.86. The van der Waals surface area contributed by atoms with Crippen LogP contribution >= 0.6 is 11.3 Å². The first-order valence-corrected chi connectivity index (χ1v) is 6.67. The van der Waals surface area contributed by atoms with Gasteiger partial charge in [-0.3, -0.25) is 0 Å². The van der Waals surface area contributed by atoms with Crippen LogP contribution in [0.15, 0.2) is 12.1 Å². The van der Waals surface area contributed by atoms with Gasteiger partial charge in [-0.05, 0) is 44.4 Å². The van der Waals surface area contributed by atoms with Crippen LogP contribution in [-0.2, 0) is 0 Å². The third-order valence-electron chi connectivity index (χ3n) is 3.69. The molecule has 3 heteroatoms. The molecule has 2 aliphatic rings. The minimum Gasteiger partial charge on any atom is -0.302 e. The summed E-state index contributed by atoms with van der Waals surface area (Å²) in [5, 5.41) is 7.16. The highest BCUT2D eigenvalue weighted by Gasteiger charge is 2.34. The van der Waals surface area contributed by atoms with E-state index in [2.05, 4.69) is 29.7 Å². The number of nitrogens with one attached hydrogen (secondary N) is 2. The van der Waals surface area contributed by atoms with Gasteiger partial charge in [0.15, 0.2) is 0 Å². The molecule has 15 heavy (non-hydrogen) atoms. The van der Waals surface area contributed by atoms with E-state index in [0.29, 0.717) is 6.17 Å². The number of piperidine rings is 1. The SMILES string of the molecule is Cc1ccc(C2CNC3NCCC3C2)s1. The number of rotatable bonds is 1. The second kappa shape index (κ2) is 3.89. The van der Waals surface area contributed by atoms with Crippen molar-refractivity contribution in [1.82, 2.24) is 10.6 Å². The summed E-state index contributed by atoms with van der Waals surface area (Å²) in [5.74, 6) is 1.61. The van der Waals surface area contributed by atoms with Gasteiger partial charge in [-0.15, -0.1) is 11.3 Å². The molecule has 0 aromatic carbocycles. The number of hydrogen-bond donors (Lipinski definition) is 2. The third-order valence-corrected chi connectivity index (χ3v) is 4.85. The molecule has 1 aromatic heterocycles. The standard InChI is InChI=1S/C12H18N2S/c1-8-2-3-11(15-8)10-6-9-4-5-13-12(9)14-7-10/h2-3,9-10,12-14H,4-7H2,1H3. The molecule has 3 rings (SSSR count). The van der Waals surface area contributed by atoms with Crippen LogP contribution in [0.25, 0.3) is 0 Å². The summed E-state index contributed by atoms with van der Waals surface area (Å²) < 4.78 is 0. The highest BCUT2D eigenvalue weighted by molar-refractivity contribution is 7.12. The molecule has 1 aromatic rings. The number of fused-ring (bicyclic) bond motifs is 1. The molecule has 82 valence electrons. The third kappa shape index (κ3) is 1.84. The molecule has 2 N–H and O–H groups in total. The van der Waals surface area contributed by atoms with Gasteiger partial charge in [0.25, 0.3) is 0 Å². The Bertz CT molecular complexity index is 347. The van der Waals surface area contributed by atoms with Crippen molar-refractivity contribution in [3.05, 3.63) is 21.9 Å². The van der Waals surface area contributed by atoms with Gasteiger partial charge in [-0.1, -0.05) is 0 Å². The summed E-state index contributed by atoms with van der Waals surface area (Å²) in [4.78, 5) is 3.02. The molecular weight excluding hydrogens is 204 g/mol. The van der Waals surface area contributed by atoms with Crippen LogP contribution in [0, 0.1) is 12.8 Å². The molecule has 2 saturated heterocycles. The van der Waals surface area contributed by atoms with E-state index in [1.54, 1.807) is 4.88 Å². The lowest BCUT2D eigenvalue weighted by Gasteiger charge is -2.32. The van der Waals surface area contributed by atoms with E-state index in [-0.39, 0.29) is 0 Å². The van der Waals surface area contributed by atoms with Gasteiger partial charge < -0.3 is 10.6 Å². The van der Waals surface area contributed by atoms with Gasteiger partial charge in [0, 0.05) is 22.2 Å². The van der Waals surface area contributed by atoms with Crippen molar-refractivity contribution in [1.29, 1.82) is 0 Å². The van der Waals surface area contributed by atoms with Gasteiger partial charge in [0.1, 0.15) is 0 Å². The fraction of sp³-hybridized carbons (Fsp3) is 0.667. The highest BCUT2D eigenvalue weighted by Crippen LogP contribution is 2.35. The van der Waals surface area contributed by atoms with Gasteiger partial charge in [-0.25, -0.2) is 0 Å². The van der Waals surface area contributed by atoms with Gasteiger partial charge in [0.2, 0.25) is 0 Å². The van der Waals surface area contributed by atoms with Crippen molar-refractivity contribution in [2.75, 3.05) is 13.1 Å². The minimum atomic E-state index is 0.599. The molecule has 0 spiro atoms. The lowest BCUT2D eigenvalue weighted by molar-refractivity contribution is 0.276. The number of thiophene rings is 1. The zero-order chi connectivity index (χ0) is 10.3. The first-order chi connectivity index (χ1) is 7.33. The predicted molar refractivity (Wildman–Crippen MR) is 64.3 cm³/mol. The Morgan fingerprint density at radius 3 is 3.07 bits per heavy atom. The molecule has 2 nitrogen and oxygen atoms in total. The first kappa shape index (κ1) is 9.82. The van der Waals surface area contributed by atoms with Gasteiger partial charge >= 0.3 is 0 Å². The molecule has 0 amide bonds.